The third-order valence-electron chi connectivity index (χ3n) is 6.24. The first-order valence-electron chi connectivity index (χ1n) is 8.51. The Hall–Kier alpha value is -2.57. The Bertz CT molecular complexity index is 788. The number of fused-ring (bicyclic) bond motifs is 2. The smallest absolute Gasteiger partial charge is 0.313 e. The summed E-state index contributed by atoms with van der Waals surface area (Å²) in [5, 5.41) is 4.03. The fraction of sp³-hybridized carbons (Fsp3) is 0.526. The van der Waals surface area contributed by atoms with Gasteiger partial charge in [-0.05, 0) is 43.5 Å². The van der Waals surface area contributed by atoms with Gasteiger partial charge in [0.1, 0.15) is 0 Å². The molecule has 7 nitrogen and oxygen atoms in total. The topological polar surface area (TPSA) is 86.2 Å². The van der Waals surface area contributed by atoms with Crippen LogP contribution in [0, 0.1) is 10.8 Å². The highest BCUT2D eigenvalue weighted by Crippen LogP contribution is 2.65. The molecule has 2 bridgehead atoms. The maximum Gasteiger partial charge on any atom is 0.313 e. The minimum atomic E-state index is -1.17. The first kappa shape index (κ1) is 18.2. The van der Waals surface area contributed by atoms with Crippen LogP contribution < -0.4 is 14.9 Å². The summed E-state index contributed by atoms with van der Waals surface area (Å²) in [6.45, 7) is 5.68. The molecule has 140 valence electrons. The van der Waals surface area contributed by atoms with Crippen molar-refractivity contribution in [2.24, 2.45) is 15.9 Å². The number of hydrazone groups is 1. The molecule has 2 atom stereocenters. The highest BCUT2D eigenvalue weighted by molar-refractivity contribution is 5.96. The van der Waals surface area contributed by atoms with Crippen LogP contribution >= 0.6 is 0 Å². The summed E-state index contributed by atoms with van der Waals surface area (Å²) >= 11 is 0. The zero-order valence-corrected chi connectivity index (χ0v) is 15.7. The van der Waals surface area contributed by atoms with Gasteiger partial charge < -0.3 is 14.2 Å². The second kappa shape index (κ2) is 6.00. The van der Waals surface area contributed by atoms with Crippen molar-refractivity contribution in [2.45, 2.75) is 39.2 Å². The number of hydrogen-bond donors (Lipinski definition) is 1. The zero-order chi connectivity index (χ0) is 19.2. The zero-order valence-electron chi connectivity index (χ0n) is 15.7. The van der Waals surface area contributed by atoms with Crippen LogP contribution in [-0.4, -0.2) is 37.9 Å². The summed E-state index contributed by atoms with van der Waals surface area (Å²) in [6.07, 6.45) is 2.64. The normalized spacial score (nSPS) is 28.9. The predicted octanol–water partition coefficient (Wildman–Crippen LogP) is 2.28. The van der Waals surface area contributed by atoms with Crippen LogP contribution in [0.4, 0.5) is 0 Å². The van der Waals surface area contributed by atoms with E-state index in [0.717, 1.165) is 5.56 Å². The minimum absolute atomic E-state index is 0.312. The van der Waals surface area contributed by atoms with E-state index in [9.17, 15) is 9.59 Å². The van der Waals surface area contributed by atoms with Crippen molar-refractivity contribution in [1.82, 2.24) is 5.43 Å². The van der Waals surface area contributed by atoms with Gasteiger partial charge in [-0.2, -0.15) is 5.10 Å². The molecule has 1 heterocycles. The molecule has 0 aromatic heterocycles. The lowest BCUT2D eigenvalue weighted by Gasteiger charge is -2.34. The van der Waals surface area contributed by atoms with Crippen LogP contribution in [-0.2, 0) is 14.3 Å². The Morgan fingerprint density at radius 3 is 2.42 bits per heavy atom. The predicted molar refractivity (Wildman–Crippen MR) is 95.2 cm³/mol. The van der Waals surface area contributed by atoms with Crippen molar-refractivity contribution in [3.63, 3.8) is 0 Å². The number of carbonyl (C=O) groups is 2. The number of nitrogens with zero attached hydrogens (tertiary/aromatic N) is 1. The Morgan fingerprint density at radius 1 is 1.19 bits per heavy atom. The van der Waals surface area contributed by atoms with Crippen LogP contribution in [0.3, 0.4) is 0 Å². The summed E-state index contributed by atoms with van der Waals surface area (Å²) in [4.78, 5) is 25.0. The number of rotatable bonds is 5. The van der Waals surface area contributed by atoms with Gasteiger partial charge in [0.2, 0.25) is 0 Å². The van der Waals surface area contributed by atoms with E-state index in [2.05, 4.69) is 10.5 Å². The van der Waals surface area contributed by atoms with E-state index in [1.807, 2.05) is 20.8 Å². The summed E-state index contributed by atoms with van der Waals surface area (Å²) in [5.74, 6) is 0.470. The first-order chi connectivity index (χ1) is 12.2. The number of methoxy groups -OCH3 is 2. The molecule has 7 heteroatoms. The van der Waals surface area contributed by atoms with Crippen LogP contribution in [0.5, 0.6) is 11.5 Å². The van der Waals surface area contributed by atoms with Gasteiger partial charge in [0.05, 0.1) is 25.8 Å². The van der Waals surface area contributed by atoms with E-state index < -0.39 is 22.3 Å². The van der Waals surface area contributed by atoms with E-state index >= 15 is 0 Å². The molecule has 1 aromatic rings. The molecule has 2 fully saturated rings. The molecule has 1 aromatic carbocycles. The third kappa shape index (κ3) is 2.29. The van der Waals surface area contributed by atoms with Crippen molar-refractivity contribution in [3.05, 3.63) is 23.8 Å². The van der Waals surface area contributed by atoms with Crippen molar-refractivity contribution >= 4 is 18.1 Å². The number of carbonyl (C=O) groups excluding carboxylic acids is 2. The Balaban J connectivity index is 1.76. The summed E-state index contributed by atoms with van der Waals surface area (Å²) < 4.78 is 16.0. The lowest BCUT2D eigenvalue weighted by Crippen LogP contribution is -2.52. The van der Waals surface area contributed by atoms with Gasteiger partial charge in [-0.3, -0.25) is 9.59 Å². The van der Waals surface area contributed by atoms with Gasteiger partial charge in [0.15, 0.2) is 17.1 Å². The molecule has 1 aliphatic heterocycles. The molecular weight excluding hydrogens is 336 g/mol. The van der Waals surface area contributed by atoms with E-state index in [0.29, 0.717) is 24.3 Å². The van der Waals surface area contributed by atoms with E-state index in [1.165, 1.54) is 6.21 Å². The number of hydrogen-bond acceptors (Lipinski definition) is 6. The Labute approximate surface area is 152 Å². The second-order valence-electron chi connectivity index (χ2n) is 7.49. The van der Waals surface area contributed by atoms with Crippen LogP contribution in [0.25, 0.3) is 0 Å². The Morgan fingerprint density at radius 2 is 1.88 bits per heavy atom. The van der Waals surface area contributed by atoms with Gasteiger partial charge >= 0.3 is 5.97 Å². The van der Waals surface area contributed by atoms with Crippen molar-refractivity contribution in [2.75, 3.05) is 14.2 Å². The number of esters is 1. The van der Waals surface area contributed by atoms with Gasteiger partial charge in [0, 0.05) is 5.41 Å². The maximum absolute atomic E-state index is 12.8. The molecule has 26 heavy (non-hydrogen) atoms. The lowest BCUT2D eigenvalue weighted by molar-refractivity contribution is -0.168. The molecule has 2 unspecified atom stereocenters. The Kier molecular flexibility index (Phi) is 4.21. The van der Waals surface area contributed by atoms with Crippen LogP contribution in [0.2, 0.25) is 0 Å². The fourth-order valence-corrected chi connectivity index (χ4v) is 3.94. The van der Waals surface area contributed by atoms with Crippen LogP contribution in [0.1, 0.15) is 39.2 Å². The first-order valence-corrected chi connectivity index (χ1v) is 8.51. The summed E-state index contributed by atoms with van der Waals surface area (Å²) in [7, 11) is 3.11. The highest BCUT2D eigenvalue weighted by atomic mass is 16.6. The number of amides is 1. The number of benzene rings is 1. The maximum atomic E-state index is 12.8. The molecule has 2 aliphatic rings. The lowest BCUT2D eigenvalue weighted by atomic mass is 9.66. The van der Waals surface area contributed by atoms with Gasteiger partial charge in [-0.1, -0.05) is 13.8 Å². The molecule has 1 saturated heterocycles. The van der Waals surface area contributed by atoms with E-state index in [-0.39, 0.29) is 5.97 Å². The van der Waals surface area contributed by atoms with Crippen molar-refractivity contribution in [1.29, 1.82) is 0 Å². The van der Waals surface area contributed by atoms with E-state index in [4.69, 9.17) is 14.2 Å². The van der Waals surface area contributed by atoms with Gasteiger partial charge in [-0.25, -0.2) is 5.43 Å². The average molecular weight is 360 g/mol. The molecular formula is C19H24N2O5. The van der Waals surface area contributed by atoms with Crippen molar-refractivity contribution in [3.8, 4) is 11.5 Å². The standard InChI is InChI=1S/C19H24N2O5/c1-17(2)18(3)8-9-19(17,26-16(18)23)15(22)21-20-11-12-6-7-13(24-4)14(10-12)25-5/h6-7,10-11H,8-9H2,1-5H3,(H,21,22)/b20-11+. The minimum Gasteiger partial charge on any atom is -0.493 e. The van der Waals surface area contributed by atoms with E-state index in [1.54, 1.807) is 32.4 Å². The molecule has 0 spiro atoms. The largest absolute Gasteiger partial charge is 0.493 e. The fourth-order valence-electron chi connectivity index (χ4n) is 3.94. The molecule has 1 amide bonds. The number of nitrogens with one attached hydrogen (secondary N) is 1. The quantitative estimate of drug-likeness (QED) is 0.495. The highest BCUT2D eigenvalue weighted by Gasteiger charge is 2.75. The van der Waals surface area contributed by atoms with Crippen LogP contribution in [0.15, 0.2) is 23.3 Å². The number of ether oxygens (including phenoxy) is 3. The molecule has 1 saturated carbocycles. The third-order valence-corrected chi connectivity index (χ3v) is 6.24. The SMILES string of the molecule is COc1ccc(/C=N/NC(=O)C23CCC(C)(C(=O)O2)C3(C)C)cc1OC. The monoisotopic (exact) mass is 360 g/mol. The second-order valence-corrected chi connectivity index (χ2v) is 7.49. The molecule has 0 radical (unpaired) electrons. The molecule has 1 N–H and O–H groups in total. The van der Waals surface area contributed by atoms with Crippen molar-refractivity contribution < 1.29 is 23.8 Å². The molecule has 3 rings (SSSR count). The molecule has 1 aliphatic carbocycles. The summed E-state index contributed by atoms with van der Waals surface area (Å²) in [6, 6.07) is 5.30. The average Bonchev–Trinajstić information content (AvgIpc) is 2.91. The summed E-state index contributed by atoms with van der Waals surface area (Å²) in [5.41, 5.74) is 0.856. The van der Waals surface area contributed by atoms with Gasteiger partial charge in [0.25, 0.3) is 5.91 Å². The van der Waals surface area contributed by atoms with Gasteiger partial charge in [-0.15, -0.1) is 0 Å².